The fourth-order valence-corrected chi connectivity index (χ4v) is 6.73. The molecule has 1 aliphatic rings. The van der Waals surface area contributed by atoms with Gasteiger partial charge in [0.1, 0.15) is 24.0 Å². The van der Waals surface area contributed by atoms with Gasteiger partial charge in [-0.2, -0.15) is 15.3 Å². The summed E-state index contributed by atoms with van der Waals surface area (Å²) in [4.78, 5) is 28.1. The molecule has 0 spiro atoms. The van der Waals surface area contributed by atoms with Crippen molar-refractivity contribution < 1.29 is 18.7 Å². The normalized spacial score (nSPS) is 18.9. The molecule has 1 amide bonds. The van der Waals surface area contributed by atoms with E-state index in [-0.39, 0.29) is 17.9 Å². The smallest absolute Gasteiger partial charge is 0.252 e. The first-order chi connectivity index (χ1) is 23.4. The van der Waals surface area contributed by atoms with Crippen LogP contribution in [0.25, 0.3) is 16.9 Å². The number of nitrogens with zero attached hydrogens (tertiary/aromatic N) is 8. The Morgan fingerprint density at radius 2 is 1.96 bits per heavy atom. The number of hydrogen-bond donors (Lipinski definition) is 3. The molecule has 260 valence electrons. The summed E-state index contributed by atoms with van der Waals surface area (Å²) in [6, 6.07) is 6.22. The van der Waals surface area contributed by atoms with Gasteiger partial charge in [0.2, 0.25) is 0 Å². The van der Waals surface area contributed by atoms with Crippen molar-refractivity contribution in [2.45, 2.75) is 89.5 Å². The van der Waals surface area contributed by atoms with Crippen LogP contribution in [0, 0.1) is 12.7 Å². The molecule has 0 saturated heterocycles. The second-order valence-electron chi connectivity index (χ2n) is 13.9. The summed E-state index contributed by atoms with van der Waals surface area (Å²) < 4.78 is 28.5. The fourth-order valence-electron chi connectivity index (χ4n) is 5.97. The number of aromatic amines is 1. The van der Waals surface area contributed by atoms with E-state index in [2.05, 4.69) is 55.7 Å². The van der Waals surface area contributed by atoms with Crippen LogP contribution < -0.4 is 10.6 Å². The minimum Gasteiger partial charge on any atom is -0.368 e. The zero-order chi connectivity index (χ0) is 34.8. The number of hydrogen-bond acceptors (Lipinski definition) is 10. The van der Waals surface area contributed by atoms with Gasteiger partial charge in [0.15, 0.2) is 23.1 Å². The molecule has 0 aromatic carbocycles. The number of aryl methyl sites for hydroxylation is 1. The van der Waals surface area contributed by atoms with E-state index in [9.17, 15) is 9.18 Å². The van der Waals surface area contributed by atoms with Gasteiger partial charge in [-0.3, -0.25) is 9.89 Å². The van der Waals surface area contributed by atoms with Crippen molar-refractivity contribution in [1.82, 2.24) is 50.0 Å². The lowest BCUT2D eigenvalue weighted by atomic mass is 9.77. The Bertz CT molecular complexity index is 1890. The van der Waals surface area contributed by atoms with Crippen molar-refractivity contribution in [1.29, 1.82) is 0 Å². The summed E-state index contributed by atoms with van der Waals surface area (Å²) in [6.45, 7) is 11.8. The van der Waals surface area contributed by atoms with E-state index in [1.165, 1.54) is 10.9 Å². The molecule has 1 saturated carbocycles. The van der Waals surface area contributed by atoms with Gasteiger partial charge in [-0.05, 0) is 57.2 Å². The molecule has 5 heterocycles. The first-order valence-corrected chi connectivity index (χ1v) is 20.3. The summed E-state index contributed by atoms with van der Waals surface area (Å²) in [5, 5.41) is 23.1. The Morgan fingerprint density at radius 1 is 1.16 bits per heavy atom. The molecule has 16 heteroatoms. The Hall–Kier alpha value is -4.54. The molecule has 49 heavy (non-hydrogen) atoms. The van der Waals surface area contributed by atoms with Crippen LogP contribution in [0.2, 0.25) is 25.7 Å². The third-order valence-electron chi connectivity index (χ3n) is 9.04. The number of rotatable bonds is 13. The van der Waals surface area contributed by atoms with Gasteiger partial charge in [-0.15, -0.1) is 0 Å². The number of fused-ring (bicyclic) bond motifs is 1. The molecule has 6 rings (SSSR count). The van der Waals surface area contributed by atoms with Crippen LogP contribution in [0.3, 0.4) is 0 Å². The summed E-state index contributed by atoms with van der Waals surface area (Å²) >= 11 is 0. The maximum absolute atomic E-state index is 13.7. The number of H-pyrrole nitrogens is 1. The molecule has 1 fully saturated rings. The molecule has 0 bridgehead atoms. The third kappa shape index (κ3) is 7.86. The average molecular weight is 690 g/mol. The Kier molecular flexibility index (Phi) is 9.90. The van der Waals surface area contributed by atoms with Crippen molar-refractivity contribution in [2.24, 2.45) is 0 Å². The Labute approximate surface area is 285 Å². The van der Waals surface area contributed by atoms with E-state index in [0.29, 0.717) is 67.9 Å². The van der Waals surface area contributed by atoms with Gasteiger partial charge < -0.3 is 20.1 Å². The molecule has 14 nitrogen and oxygen atoms in total. The summed E-state index contributed by atoms with van der Waals surface area (Å²) in [5.41, 5.74) is 1.42. The molecular weight excluding hydrogens is 646 g/mol. The number of carbonyl (C=O) groups is 1. The monoisotopic (exact) mass is 689 g/mol. The van der Waals surface area contributed by atoms with Crippen molar-refractivity contribution in [3.8, 4) is 5.82 Å². The van der Waals surface area contributed by atoms with Gasteiger partial charge in [0, 0.05) is 45.7 Å². The molecule has 5 aromatic rings. The molecule has 3 N–H and O–H groups in total. The lowest BCUT2D eigenvalue weighted by molar-refractivity contribution is -0.148. The molecule has 0 unspecified atom stereocenters. The van der Waals surface area contributed by atoms with Gasteiger partial charge in [-0.1, -0.05) is 25.7 Å². The first-order valence-electron chi connectivity index (χ1n) is 16.6. The first kappa shape index (κ1) is 34.3. The van der Waals surface area contributed by atoms with Gasteiger partial charge in [-0.25, -0.2) is 28.7 Å². The van der Waals surface area contributed by atoms with Gasteiger partial charge in [0.25, 0.3) is 5.91 Å². The van der Waals surface area contributed by atoms with E-state index in [0.717, 1.165) is 28.9 Å². The number of ether oxygens (including phenoxy) is 2. The van der Waals surface area contributed by atoms with Crippen LogP contribution >= 0.6 is 0 Å². The molecule has 0 aliphatic heterocycles. The summed E-state index contributed by atoms with van der Waals surface area (Å²) in [5.74, 6) is 1.80. The zero-order valence-corrected chi connectivity index (χ0v) is 29.8. The van der Waals surface area contributed by atoms with Gasteiger partial charge >= 0.3 is 0 Å². The number of aromatic nitrogens is 9. The highest BCUT2D eigenvalue weighted by atomic mass is 28.3. The van der Waals surface area contributed by atoms with Crippen LogP contribution in [0.5, 0.6) is 0 Å². The number of halogens is 1. The van der Waals surface area contributed by atoms with Crippen LogP contribution in [0.4, 0.5) is 16.0 Å². The van der Waals surface area contributed by atoms with E-state index in [4.69, 9.17) is 19.4 Å². The molecule has 0 radical (unpaired) electrons. The molecule has 5 aromatic heterocycles. The lowest BCUT2D eigenvalue weighted by Gasteiger charge is -2.38. The second-order valence-corrected chi connectivity index (χ2v) is 19.6. The predicted octanol–water partition coefficient (Wildman–Crippen LogP) is 5.55. The zero-order valence-electron chi connectivity index (χ0n) is 28.8. The Morgan fingerprint density at radius 3 is 2.59 bits per heavy atom. The second kappa shape index (κ2) is 14.1. The number of carbonyl (C=O) groups excluding carboxylic acids is 1. The highest BCUT2D eigenvalue weighted by Crippen LogP contribution is 2.40. The third-order valence-corrected chi connectivity index (χ3v) is 10.7. The lowest BCUT2D eigenvalue weighted by Crippen LogP contribution is -2.50. The van der Waals surface area contributed by atoms with E-state index >= 15 is 0 Å². The minimum absolute atomic E-state index is 0.000551. The number of anilines is 2. The SMILES string of the molecule is COC1(C(=O)N[C@@H](C)c2ccc(-n3cc(F)cn3)nc2)CCC(c2nc(Nc3cc(C)[nH]n3)c3cnn(COCC[Si](C)(C)C)c3n2)CC1. The molecule has 1 aliphatic carbocycles. The molecular formula is C33H44FN11O3Si. The number of amides is 1. The predicted molar refractivity (Wildman–Crippen MR) is 185 cm³/mol. The van der Waals surface area contributed by atoms with Crippen molar-refractivity contribution in [3.05, 3.63) is 65.9 Å². The highest BCUT2D eigenvalue weighted by molar-refractivity contribution is 6.76. The van der Waals surface area contributed by atoms with Crippen molar-refractivity contribution in [2.75, 3.05) is 19.0 Å². The topological polar surface area (TPSA) is 163 Å². The minimum atomic E-state index is -1.23. The Balaban J connectivity index is 1.16. The average Bonchev–Trinajstić information content (AvgIpc) is 3.82. The van der Waals surface area contributed by atoms with Crippen LogP contribution in [0.15, 0.2) is 43.0 Å². The number of methoxy groups -OCH3 is 1. The van der Waals surface area contributed by atoms with Crippen LogP contribution in [-0.4, -0.2) is 78.0 Å². The van der Waals surface area contributed by atoms with Crippen LogP contribution in [-0.2, 0) is 21.0 Å². The van der Waals surface area contributed by atoms with E-state index in [1.807, 2.05) is 26.0 Å². The largest absolute Gasteiger partial charge is 0.368 e. The maximum atomic E-state index is 13.7. The highest BCUT2D eigenvalue weighted by Gasteiger charge is 2.43. The van der Waals surface area contributed by atoms with Crippen LogP contribution in [0.1, 0.15) is 61.6 Å². The molecule has 1 atom stereocenters. The number of nitrogens with one attached hydrogen (secondary N) is 3. The quantitative estimate of drug-likeness (QED) is 0.106. The summed E-state index contributed by atoms with van der Waals surface area (Å²) in [6.07, 6.45) is 8.09. The fraction of sp³-hybridized carbons (Fsp3) is 0.485. The summed E-state index contributed by atoms with van der Waals surface area (Å²) in [7, 11) is 0.352. The number of pyridine rings is 1. The van der Waals surface area contributed by atoms with E-state index in [1.54, 1.807) is 30.3 Å². The van der Waals surface area contributed by atoms with E-state index < -0.39 is 19.5 Å². The maximum Gasteiger partial charge on any atom is 0.252 e. The van der Waals surface area contributed by atoms with Crippen molar-refractivity contribution >= 4 is 36.7 Å². The van der Waals surface area contributed by atoms with Crippen molar-refractivity contribution in [3.63, 3.8) is 0 Å². The van der Waals surface area contributed by atoms with Gasteiger partial charge in [0.05, 0.1) is 30.0 Å². The standard InChI is InChI=1S/C33H44FN11O3Si/c1-21-15-27(43-42-21)39-30-26-18-37-45(20-48-13-14-49(4,5)6)31(26)41-29(40-30)23-9-11-33(47-3,12-10-23)32(46)38-22(2)24-7-8-28(35-16-24)44-19-25(34)17-36-44/h7-8,15-19,22-23H,9-14,20H2,1-6H3,(H,38,46)(H2,39,40,41,42,43)/t22-,23?,33?/m0/s1.